The minimum Gasteiger partial charge on any atom is -0.490 e. The number of hydrogen-bond donors (Lipinski definition) is 0. The van der Waals surface area contributed by atoms with Gasteiger partial charge in [0.05, 0.1) is 27.4 Å². The van der Waals surface area contributed by atoms with Gasteiger partial charge in [-0.1, -0.05) is 30.9 Å². The second-order valence-electron chi connectivity index (χ2n) is 6.67. The Kier molecular flexibility index (Phi) is 6.92. The van der Waals surface area contributed by atoms with E-state index in [1.165, 1.54) is 16.7 Å². The Morgan fingerprint density at radius 2 is 2.00 bits per heavy atom. The molecule has 0 N–H and O–H groups in total. The Morgan fingerprint density at radius 3 is 2.77 bits per heavy atom. The lowest BCUT2D eigenvalue weighted by molar-refractivity contribution is -0.113. The summed E-state index contributed by atoms with van der Waals surface area (Å²) in [6, 6.07) is 9.22. The van der Waals surface area contributed by atoms with Crippen molar-refractivity contribution in [3.05, 3.63) is 44.4 Å². The number of hydrogen-bond acceptors (Lipinski definition) is 7. The monoisotopic (exact) mass is 569 g/mol. The minimum atomic E-state index is -0.173. The van der Waals surface area contributed by atoms with Crippen LogP contribution in [0, 0.1) is 3.57 Å². The summed E-state index contributed by atoms with van der Waals surface area (Å²) >= 11 is 8.99. The van der Waals surface area contributed by atoms with Crippen LogP contribution in [-0.2, 0) is 4.79 Å². The van der Waals surface area contributed by atoms with Gasteiger partial charge in [-0.05, 0) is 71.8 Å². The lowest BCUT2D eigenvalue weighted by atomic mass is 10.1. The van der Waals surface area contributed by atoms with E-state index in [1.54, 1.807) is 18.2 Å². The Labute approximate surface area is 204 Å². The smallest absolute Gasteiger partial charge is 0.270 e. The number of rotatable bonds is 7. The third-order valence-electron chi connectivity index (χ3n) is 4.49. The number of thioether (sulfide) groups is 1. The number of ether oxygens (including phenoxy) is 4. The Bertz CT molecular complexity index is 1070. The van der Waals surface area contributed by atoms with Crippen molar-refractivity contribution in [2.24, 2.45) is 0 Å². The van der Waals surface area contributed by atoms with E-state index in [0.29, 0.717) is 45.4 Å². The van der Waals surface area contributed by atoms with Crippen LogP contribution in [0.5, 0.6) is 23.0 Å². The highest BCUT2D eigenvalue weighted by molar-refractivity contribution is 14.1. The van der Waals surface area contributed by atoms with E-state index in [2.05, 4.69) is 29.5 Å². The first kappa shape index (κ1) is 22.2. The van der Waals surface area contributed by atoms with Crippen molar-refractivity contribution < 1.29 is 23.7 Å². The Morgan fingerprint density at radius 1 is 1.19 bits per heavy atom. The van der Waals surface area contributed by atoms with Crippen LogP contribution >= 0.6 is 46.6 Å². The van der Waals surface area contributed by atoms with Crippen molar-refractivity contribution in [2.45, 2.75) is 20.3 Å². The summed E-state index contributed by atoms with van der Waals surface area (Å²) in [5.41, 5.74) is 1.51. The number of carbonyl (C=O) groups excluding carboxylic acids is 1. The molecule has 1 amide bonds. The largest absolute Gasteiger partial charge is 0.490 e. The van der Waals surface area contributed by atoms with Crippen LogP contribution in [0.15, 0.2) is 35.2 Å². The molecule has 0 radical (unpaired) electrons. The van der Waals surface area contributed by atoms with Crippen molar-refractivity contribution in [3.8, 4) is 23.0 Å². The molecule has 2 aliphatic rings. The highest BCUT2D eigenvalue weighted by Crippen LogP contribution is 2.41. The average molecular weight is 569 g/mol. The molecule has 0 saturated carbocycles. The molecule has 4 rings (SSSR count). The van der Waals surface area contributed by atoms with Crippen LogP contribution in [0.3, 0.4) is 0 Å². The number of fused-ring (bicyclic) bond motifs is 1. The standard InChI is InChI=1S/C22H20INO5S2/c1-3-7-27-20-15(23)8-13(9-18(20)26-4-2)10-19-21(25)24(22(30)31-19)14-5-6-16-17(11-14)29-12-28-16/h5-6,8-11H,3-4,7,12H2,1-2H3/b19-10-. The fraction of sp³-hybridized carbons (Fsp3) is 0.273. The van der Waals surface area contributed by atoms with E-state index < -0.39 is 0 Å². The summed E-state index contributed by atoms with van der Waals surface area (Å²) in [6.07, 6.45) is 2.74. The van der Waals surface area contributed by atoms with Gasteiger partial charge < -0.3 is 18.9 Å². The zero-order chi connectivity index (χ0) is 22.0. The van der Waals surface area contributed by atoms with Crippen LogP contribution in [0.2, 0.25) is 0 Å². The van der Waals surface area contributed by atoms with Crippen LogP contribution in [0.4, 0.5) is 5.69 Å². The number of nitrogens with zero attached hydrogens (tertiary/aromatic N) is 1. The maximum absolute atomic E-state index is 13.1. The maximum Gasteiger partial charge on any atom is 0.270 e. The topological polar surface area (TPSA) is 57.2 Å². The molecule has 2 aliphatic heterocycles. The molecule has 2 aromatic carbocycles. The first-order valence-corrected chi connectivity index (χ1v) is 12.1. The number of thiocarbonyl (C=S) groups is 1. The summed E-state index contributed by atoms with van der Waals surface area (Å²) in [7, 11) is 0. The Hall–Kier alpha value is -1.98. The molecule has 2 heterocycles. The predicted molar refractivity (Wildman–Crippen MR) is 134 cm³/mol. The van der Waals surface area contributed by atoms with E-state index in [-0.39, 0.29) is 12.7 Å². The number of halogens is 1. The lowest BCUT2D eigenvalue weighted by Crippen LogP contribution is -2.27. The molecule has 1 saturated heterocycles. The van der Waals surface area contributed by atoms with Gasteiger partial charge >= 0.3 is 0 Å². The lowest BCUT2D eigenvalue weighted by Gasteiger charge is -2.15. The van der Waals surface area contributed by atoms with Gasteiger partial charge in [-0.3, -0.25) is 9.69 Å². The number of benzene rings is 2. The van der Waals surface area contributed by atoms with Gasteiger partial charge in [0.2, 0.25) is 6.79 Å². The predicted octanol–water partition coefficient (Wildman–Crippen LogP) is 5.61. The molecule has 162 valence electrons. The highest BCUT2D eigenvalue weighted by atomic mass is 127. The molecule has 6 nitrogen and oxygen atoms in total. The third kappa shape index (κ3) is 4.63. The first-order chi connectivity index (χ1) is 15.0. The summed E-state index contributed by atoms with van der Waals surface area (Å²) in [6.45, 7) is 5.30. The number of anilines is 1. The summed E-state index contributed by atoms with van der Waals surface area (Å²) in [5, 5.41) is 0. The fourth-order valence-corrected chi connectivity index (χ4v) is 5.22. The zero-order valence-corrected chi connectivity index (χ0v) is 20.8. The zero-order valence-electron chi connectivity index (χ0n) is 17.0. The summed E-state index contributed by atoms with van der Waals surface area (Å²) in [4.78, 5) is 15.2. The fourth-order valence-electron chi connectivity index (χ4n) is 3.14. The van der Waals surface area contributed by atoms with Gasteiger partial charge in [0, 0.05) is 6.07 Å². The minimum absolute atomic E-state index is 0.173. The molecule has 0 aromatic heterocycles. The molecule has 0 bridgehead atoms. The van der Waals surface area contributed by atoms with E-state index in [4.69, 9.17) is 31.2 Å². The van der Waals surface area contributed by atoms with E-state index in [9.17, 15) is 4.79 Å². The first-order valence-electron chi connectivity index (χ1n) is 9.78. The van der Waals surface area contributed by atoms with Crippen LogP contribution < -0.4 is 23.8 Å². The van der Waals surface area contributed by atoms with E-state index in [0.717, 1.165) is 21.3 Å². The molecule has 9 heteroatoms. The average Bonchev–Trinajstić information content (AvgIpc) is 3.31. The Balaban J connectivity index is 1.63. The van der Waals surface area contributed by atoms with E-state index >= 15 is 0 Å². The van der Waals surface area contributed by atoms with Gasteiger partial charge in [0.1, 0.15) is 0 Å². The second-order valence-corrected chi connectivity index (χ2v) is 9.50. The summed E-state index contributed by atoms with van der Waals surface area (Å²) < 4.78 is 23.8. The molecule has 2 aromatic rings. The van der Waals surface area contributed by atoms with Gasteiger partial charge in [0.15, 0.2) is 27.3 Å². The van der Waals surface area contributed by atoms with Gasteiger partial charge in [-0.15, -0.1) is 0 Å². The van der Waals surface area contributed by atoms with Crippen molar-refractivity contribution in [1.29, 1.82) is 0 Å². The summed E-state index contributed by atoms with van der Waals surface area (Å²) in [5.74, 6) is 2.49. The molecule has 31 heavy (non-hydrogen) atoms. The quantitative estimate of drug-likeness (QED) is 0.244. The van der Waals surface area contributed by atoms with E-state index in [1.807, 2.05) is 25.1 Å². The van der Waals surface area contributed by atoms with Crippen LogP contribution in [0.1, 0.15) is 25.8 Å². The number of amides is 1. The van der Waals surface area contributed by atoms with Gasteiger partial charge in [-0.2, -0.15) is 0 Å². The van der Waals surface area contributed by atoms with Crippen molar-refractivity contribution in [3.63, 3.8) is 0 Å². The third-order valence-corrected chi connectivity index (χ3v) is 6.59. The van der Waals surface area contributed by atoms with Crippen LogP contribution in [-0.4, -0.2) is 30.2 Å². The van der Waals surface area contributed by atoms with Crippen molar-refractivity contribution >= 4 is 68.6 Å². The highest BCUT2D eigenvalue weighted by Gasteiger charge is 2.34. The van der Waals surface area contributed by atoms with Gasteiger partial charge in [-0.25, -0.2) is 0 Å². The molecular weight excluding hydrogens is 549 g/mol. The molecule has 0 aliphatic carbocycles. The maximum atomic E-state index is 13.1. The van der Waals surface area contributed by atoms with Gasteiger partial charge in [0.25, 0.3) is 5.91 Å². The molecular formula is C22H20INO5S2. The number of carbonyl (C=O) groups is 1. The molecule has 0 atom stereocenters. The van der Waals surface area contributed by atoms with Crippen molar-refractivity contribution in [2.75, 3.05) is 24.9 Å². The van der Waals surface area contributed by atoms with Crippen molar-refractivity contribution in [1.82, 2.24) is 0 Å². The molecule has 0 unspecified atom stereocenters. The second kappa shape index (κ2) is 9.66. The SMILES string of the molecule is CCCOc1c(I)cc(/C=C2\SC(=S)N(c3ccc4c(c3)OCO4)C2=O)cc1OCC. The molecule has 0 spiro atoms. The molecule has 1 fully saturated rings. The normalized spacial score (nSPS) is 16.4. The van der Waals surface area contributed by atoms with Crippen LogP contribution in [0.25, 0.3) is 6.08 Å².